The van der Waals surface area contributed by atoms with E-state index in [0.29, 0.717) is 18.5 Å². The van der Waals surface area contributed by atoms with E-state index >= 15 is 0 Å². The lowest BCUT2D eigenvalue weighted by molar-refractivity contribution is -0.117. The highest BCUT2D eigenvalue weighted by Crippen LogP contribution is 2.55. The first kappa shape index (κ1) is 22.1. The van der Waals surface area contributed by atoms with Crippen LogP contribution in [0.4, 0.5) is 10.1 Å². The van der Waals surface area contributed by atoms with Crippen molar-refractivity contribution in [1.82, 2.24) is 14.1 Å². The molecule has 0 spiro atoms. The summed E-state index contributed by atoms with van der Waals surface area (Å²) in [6.45, 7) is 0. The van der Waals surface area contributed by atoms with Gasteiger partial charge in [-0.15, -0.1) is 0 Å². The van der Waals surface area contributed by atoms with E-state index in [1.54, 1.807) is 23.4 Å². The van der Waals surface area contributed by atoms with Crippen LogP contribution < -0.4 is 9.62 Å². The Bertz CT molecular complexity index is 1440. The molecule has 7 nitrogen and oxygen atoms in total. The Morgan fingerprint density at radius 1 is 1.06 bits per heavy atom. The molecule has 1 saturated heterocycles. The maximum absolute atomic E-state index is 13.4. The van der Waals surface area contributed by atoms with Crippen LogP contribution in [0.1, 0.15) is 30.9 Å². The number of fused-ring (bicyclic) bond motifs is 1. The summed E-state index contributed by atoms with van der Waals surface area (Å²) < 4.78 is 41.0. The Hall–Kier alpha value is -3.40. The Morgan fingerprint density at radius 2 is 1.80 bits per heavy atom. The molecule has 9 heteroatoms. The van der Waals surface area contributed by atoms with E-state index in [4.69, 9.17) is 0 Å². The lowest BCUT2D eigenvalue weighted by Gasteiger charge is -2.34. The summed E-state index contributed by atoms with van der Waals surface area (Å²) in [7, 11) is 0. The van der Waals surface area contributed by atoms with E-state index in [1.807, 2.05) is 53.1 Å². The molecule has 1 saturated carbocycles. The Kier molecular flexibility index (Phi) is 5.28. The van der Waals surface area contributed by atoms with Crippen molar-refractivity contribution in [3.63, 3.8) is 0 Å². The fourth-order valence-electron chi connectivity index (χ4n) is 5.38. The molecule has 0 bridgehead atoms. The molecule has 0 radical (unpaired) electrons. The summed E-state index contributed by atoms with van der Waals surface area (Å²) in [5, 5.41) is 0. The maximum atomic E-state index is 13.4. The minimum atomic E-state index is -2.41. The molecule has 1 aliphatic heterocycles. The molecule has 1 aliphatic carbocycles. The second-order valence-electron chi connectivity index (χ2n) is 9.20. The Labute approximate surface area is 204 Å². The van der Waals surface area contributed by atoms with Gasteiger partial charge in [0.25, 0.3) is 0 Å². The molecule has 2 aromatic carbocycles. The van der Waals surface area contributed by atoms with E-state index in [0.717, 1.165) is 22.3 Å². The second kappa shape index (κ2) is 8.37. The molecule has 1 amide bonds. The fourth-order valence-corrected chi connectivity index (χ4v) is 6.06. The first-order valence-corrected chi connectivity index (χ1v) is 12.5. The topological polar surface area (TPSA) is 89.8 Å². The third-order valence-corrected chi connectivity index (χ3v) is 7.73. The highest BCUT2D eigenvalue weighted by Gasteiger charge is 2.58. The summed E-state index contributed by atoms with van der Waals surface area (Å²) in [5.41, 5.74) is 3.43. The SMILES string of the molecule is O=C1C[C@H](C2(NS(=O)[O-])CC2)[C@H](c2ccccc2)N1c1ccc2c(-c3ccc(F)cc3)ncn2c1. The van der Waals surface area contributed by atoms with Gasteiger partial charge >= 0.3 is 0 Å². The summed E-state index contributed by atoms with van der Waals surface area (Å²) in [4.78, 5) is 19.7. The monoisotopic (exact) mass is 489 g/mol. The van der Waals surface area contributed by atoms with Gasteiger partial charge < -0.3 is 13.9 Å². The number of hydrogen-bond donors (Lipinski definition) is 1. The van der Waals surface area contributed by atoms with Crippen LogP contribution in [0.2, 0.25) is 0 Å². The second-order valence-corrected chi connectivity index (χ2v) is 9.88. The van der Waals surface area contributed by atoms with Crippen molar-refractivity contribution in [2.75, 3.05) is 4.90 Å². The van der Waals surface area contributed by atoms with Crippen molar-refractivity contribution >= 4 is 28.4 Å². The number of rotatable bonds is 6. The van der Waals surface area contributed by atoms with Gasteiger partial charge in [0.15, 0.2) is 0 Å². The van der Waals surface area contributed by atoms with Gasteiger partial charge in [0.05, 0.1) is 22.9 Å². The first-order valence-electron chi connectivity index (χ1n) is 11.4. The number of hydrogen-bond acceptors (Lipinski definition) is 4. The van der Waals surface area contributed by atoms with Gasteiger partial charge in [-0.1, -0.05) is 30.3 Å². The van der Waals surface area contributed by atoms with Crippen molar-refractivity contribution < 1.29 is 17.9 Å². The molecule has 2 fully saturated rings. The van der Waals surface area contributed by atoms with E-state index in [1.165, 1.54) is 12.1 Å². The van der Waals surface area contributed by atoms with Crippen LogP contribution >= 0.6 is 0 Å². The van der Waals surface area contributed by atoms with Gasteiger partial charge in [-0.3, -0.25) is 9.00 Å². The molecule has 1 unspecified atom stereocenters. The van der Waals surface area contributed by atoms with Crippen LogP contribution in [-0.4, -0.2) is 29.6 Å². The largest absolute Gasteiger partial charge is 0.760 e. The zero-order valence-electron chi connectivity index (χ0n) is 18.6. The molecule has 178 valence electrons. The van der Waals surface area contributed by atoms with Crippen molar-refractivity contribution in [3.05, 3.63) is 90.6 Å². The van der Waals surface area contributed by atoms with E-state index in [2.05, 4.69) is 9.71 Å². The van der Waals surface area contributed by atoms with Crippen LogP contribution in [0.5, 0.6) is 0 Å². The number of anilines is 1. The highest BCUT2D eigenvalue weighted by atomic mass is 32.2. The van der Waals surface area contributed by atoms with Gasteiger partial charge in [0.1, 0.15) is 12.1 Å². The number of nitrogens with zero attached hydrogens (tertiary/aromatic N) is 3. The average molecular weight is 490 g/mol. The minimum absolute atomic E-state index is 0.0492. The molecule has 2 aromatic heterocycles. The molecule has 3 heterocycles. The number of aromatic nitrogens is 2. The van der Waals surface area contributed by atoms with Crippen molar-refractivity contribution in [1.29, 1.82) is 0 Å². The quantitative estimate of drug-likeness (QED) is 0.412. The lowest BCUT2D eigenvalue weighted by atomic mass is 9.86. The molecular formula is C26H22FN4O3S-. The smallest absolute Gasteiger partial charge is 0.228 e. The molecular weight excluding hydrogens is 467 g/mol. The van der Waals surface area contributed by atoms with Gasteiger partial charge in [-0.2, -0.15) is 0 Å². The zero-order chi connectivity index (χ0) is 24.2. The van der Waals surface area contributed by atoms with Gasteiger partial charge in [0, 0.05) is 40.9 Å². The summed E-state index contributed by atoms with van der Waals surface area (Å²) in [6.07, 6.45) is 5.21. The van der Waals surface area contributed by atoms with Crippen LogP contribution in [0.25, 0.3) is 16.8 Å². The predicted octanol–water partition coefficient (Wildman–Crippen LogP) is 4.15. The summed E-state index contributed by atoms with van der Waals surface area (Å²) >= 11 is -2.41. The van der Waals surface area contributed by atoms with E-state index < -0.39 is 16.8 Å². The fraction of sp³-hybridized carbons (Fsp3) is 0.231. The first-order chi connectivity index (χ1) is 16.9. The third kappa shape index (κ3) is 3.85. The Balaban J connectivity index is 1.41. The zero-order valence-corrected chi connectivity index (χ0v) is 19.5. The van der Waals surface area contributed by atoms with E-state index in [9.17, 15) is 17.9 Å². The molecule has 35 heavy (non-hydrogen) atoms. The number of nitrogens with one attached hydrogen (secondary N) is 1. The van der Waals surface area contributed by atoms with Crippen molar-refractivity contribution in [3.8, 4) is 11.3 Å². The third-order valence-electron chi connectivity index (χ3n) is 7.16. The van der Waals surface area contributed by atoms with Gasteiger partial charge in [-0.05, 0) is 54.8 Å². The van der Waals surface area contributed by atoms with Gasteiger partial charge in [0.2, 0.25) is 5.91 Å². The number of pyridine rings is 1. The number of halogens is 1. The lowest BCUT2D eigenvalue weighted by Crippen LogP contribution is -2.42. The average Bonchev–Trinajstić information content (AvgIpc) is 3.35. The number of imidazole rings is 1. The molecule has 4 aromatic rings. The minimum Gasteiger partial charge on any atom is -0.760 e. The van der Waals surface area contributed by atoms with Crippen LogP contribution in [0, 0.1) is 11.7 Å². The highest BCUT2D eigenvalue weighted by molar-refractivity contribution is 7.77. The maximum Gasteiger partial charge on any atom is 0.228 e. The standard InChI is InChI=1S/C26H23FN4O3S/c27-19-8-6-17(7-9-19)24-22-11-10-20(15-30(22)16-28-24)31-23(32)14-21(26(12-13-26)29-35(33)34)25(31)18-4-2-1-3-5-18/h1-11,15-16,21,25,29H,12-14H2,(H,33,34)/p-1/t21-,25-/m0/s1. The summed E-state index contributed by atoms with van der Waals surface area (Å²) in [6, 6.07) is 19.4. The van der Waals surface area contributed by atoms with Gasteiger partial charge in [-0.25, -0.2) is 14.1 Å². The molecule has 6 rings (SSSR count). The van der Waals surface area contributed by atoms with Crippen LogP contribution in [0.15, 0.2) is 79.3 Å². The summed E-state index contributed by atoms with van der Waals surface area (Å²) in [5.74, 6) is -0.548. The predicted molar refractivity (Wildman–Crippen MR) is 129 cm³/mol. The molecule has 3 atom stereocenters. The number of carbonyl (C=O) groups is 1. The van der Waals surface area contributed by atoms with Crippen molar-refractivity contribution in [2.45, 2.75) is 30.8 Å². The normalized spacial score (nSPS) is 22.0. The Morgan fingerprint density at radius 3 is 2.49 bits per heavy atom. The van der Waals surface area contributed by atoms with E-state index in [-0.39, 0.29) is 30.1 Å². The van der Waals surface area contributed by atoms with Crippen LogP contribution in [-0.2, 0) is 16.1 Å². The molecule has 1 N–H and O–H groups in total. The number of amides is 1. The van der Waals surface area contributed by atoms with Crippen LogP contribution in [0.3, 0.4) is 0 Å². The number of benzene rings is 2. The number of carbonyl (C=O) groups excluding carboxylic acids is 1. The van der Waals surface area contributed by atoms with Crippen molar-refractivity contribution in [2.24, 2.45) is 5.92 Å². The molecule has 2 aliphatic rings.